The third kappa shape index (κ3) is 4.16. The summed E-state index contributed by atoms with van der Waals surface area (Å²) in [6.07, 6.45) is 3.38. The molecule has 0 aliphatic carbocycles. The number of amides is 4. The molecule has 0 radical (unpaired) electrons. The number of hydrogen-bond donors (Lipinski definition) is 3. The fourth-order valence-electron chi connectivity index (χ4n) is 3.34. The van der Waals surface area contributed by atoms with Gasteiger partial charge in [-0.1, -0.05) is 0 Å². The van der Waals surface area contributed by atoms with E-state index >= 15 is 0 Å². The van der Waals surface area contributed by atoms with Gasteiger partial charge >= 0.3 is 11.8 Å². The molecule has 4 amide bonds. The summed E-state index contributed by atoms with van der Waals surface area (Å²) >= 11 is 0. The van der Waals surface area contributed by atoms with Crippen LogP contribution in [0.1, 0.15) is 40.5 Å². The molecule has 0 unspecified atom stereocenters. The smallest absolute Gasteiger partial charge is 0.328 e. The Balaban J connectivity index is 1.94. The Bertz CT molecular complexity index is 560. The van der Waals surface area contributed by atoms with Crippen LogP contribution in [0, 0.1) is 0 Å². The van der Waals surface area contributed by atoms with Crippen molar-refractivity contribution in [3.63, 3.8) is 0 Å². The summed E-state index contributed by atoms with van der Waals surface area (Å²) in [7, 11) is 0. The van der Waals surface area contributed by atoms with Crippen molar-refractivity contribution in [3.8, 4) is 0 Å². The van der Waals surface area contributed by atoms with Crippen molar-refractivity contribution in [1.82, 2.24) is 21.1 Å². The van der Waals surface area contributed by atoms with Gasteiger partial charge in [0, 0.05) is 29.3 Å². The second-order valence-corrected chi connectivity index (χ2v) is 7.26. The minimum absolute atomic E-state index is 0.178. The first kappa shape index (κ1) is 17.1. The van der Waals surface area contributed by atoms with Gasteiger partial charge in [0.05, 0.1) is 0 Å². The first-order valence-corrected chi connectivity index (χ1v) is 7.46. The molecular weight excluding hydrogens is 300 g/mol. The van der Waals surface area contributed by atoms with E-state index in [0.717, 1.165) is 12.2 Å². The lowest BCUT2D eigenvalue weighted by molar-refractivity contribution is -0.150. The van der Waals surface area contributed by atoms with Gasteiger partial charge in [0.1, 0.15) is 0 Å². The van der Waals surface area contributed by atoms with Gasteiger partial charge in [0.25, 0.3) is 11.8 Å². The van der Waals surface area contributed by atoms with Gasteiger partial charge in [-0.3, -0.25) is 19.2 Å². The summed E-state index contributed by atoms with van der Waals surface area (Å²) in [6, 6.07) is -0.178. The van der Waals surface area contributed by atoms with E-state index in [1.807, 2.05) is 33.1 Å². The number of nitrogens with one attached hydrogen (secondary N) is 3. The predicted octanol–water partition coefficient (Wildman–Crippen LogP) is -0.632. The van der Waals surface area contributed by atoms with E-state index in [0.29, 0.717) is 17.9 Å². The topological polar surface area (TPSA) is 108 Å². The van der Waals surface area contributed by atoms with Gasteiger partial charge in [-0.15, -0.1) is 0 Å². The molecule has 0 aromatic heterocycles. The first-order valence-electron chi connectivity index (χ1n) is 7.46. The molecule has 3 N–H and O–H groups in total. The monoisotopic (exact) mass is 322 g/mol. The molecule has 1 fully saturated rings. The van der Waals surface area contributed by atoms with Crippen LogP contribution in [0.5, 0.6) is 0 Å². The molecule has 8 heteroatoms. The van der Waals surface area contributed by atoms with Crippen LogP contribution >= 0.6 is 0 Å². The van der Waals surface area contributed by atoms with Crippen LogP contribution in [0.3, 0.4) is 0 Å². The molecule has 0 aromatic rings. The normalized spacial score (nSPS) is 23.0. The summed E-state index contributed by atoms with van der Waals surface area (Å²) in [4.78, 5) is 46.6. The van der Waals surface area contributed by atoms with Crippen molar-refractivity contribution < 1.29 is 19.2 Å². The number of hydrazine groups is 1. The molecule has 2 aliphatic rings. The van der Waals surface area contributed by atoms with E-state index in [1.165, 1.54) is 0 Å². The van der Waals surface area contributed by atoms with Crippen molar-refractivity contribution in [2.45, 2.75) is 57.7 Å². The van der Waals surface area contributed by atoms with Crippen LogP contribution in [0.4, 0.5) is 0 Å². The summed E-state index contributed by atoms with van der Waals surface area (Å²) in [5.41, 5.74) is 1.66. The van der Waals surface area contributed by atoms with E-state index in [2.05, 4.69) is 10.6 Å². The predicted molar refractivity (Wildman–Crippen MR) is 81.6 cm³/mol. The van der Waals surface area contributed by atoms with Crippen molar-refractivity contribution in [1.29, 1.82) is 0 Å². The van der Waals surface area contributed by atoms with Gasteiger partial charge in [0.15, 0.2) is 0 Å². The number of carbonyl (C=O) groups excluding carboxylic acids is 4. The summed E-state index contributed by atoms with van der Waals surface area (Å²) in [5, 5.41) is 6.66. The fourth-order valence-corrected chi connectivity index (χ4v) is 3.34. The van der Waals surface area contributed by atoms with E-state index < -0.39 is 23.6 Å². The molecule has 0 aromatic carbocycles. The molecule has 2 heterocycles. The maximum atomic E-state index is 12.0. The van der Waals surface area contributed by atoms with Gasteiger partial charge in [-0.25, -0.2) is 5.43 Å². The Morgan fingerprint density at radius 3 is 2.00 bits per heavy atom. The zero-order valence-electron chi connectivity index (χ0n) is 13.7. The van der Waals surface area contributed by atoms with Crippen molar-refractivity contribution >= 4 is 23.6 Å². The number of carbonyl (C=O) groups is 4. The van der Waals surface area contributed by atoms with Gasteiger partial charge in [0.2, 0.25) is 0 Å². The quantitative estimate of drug-likeness (QED) is 0.463. The lowest BCUT2D eigenvalue weighted by Crippen LogP contribution is -2.63. The Morgan fingerprint density at radius 1 is 1.04 bits per heavy atom. The number of hydrogen-bond acceptors (Lipinski definition) is 5. The Labute approximate surface area is 134 Å². The number of nitrogens with zero attached hydrogens (tertiary/aromatic N) is 1. The van der Waals surface area contributed by atoms with E-state index in [9.17, 15) is 19.2 Å². The van der Waals surface area contributed by atoms with Crippen LogP contribution in [-0.4, -0.2) is 45.8 Å². The van der Waals surface area contributed by atoms with Gasteiger partial charge < -0.3 is 10.6 Å². The van der Waals surface area contributed by atoms with E-state index in [4.69, 9.17) is 0 Å². The van der Waals surface area contributed by atoms with E-state index in [-0.39, 0.29) is 17.1 Å². The first-order chi connectivity index (χ1) is 10.5. The van der Waals surface area contributed by atoms with Crippen LogP contribution in [0.2, 0.25) is 0 Å². The highest BCUT2D eigenvalue weighted by Crippen LogP contribution is 2.28. The van der Waals surface area contributed by atoms with Gasteiger partial charge in [-0.2, -0.15) is 5.01 Å². The van der Waals surface area contributed by atoms with Crippen molar-refractivity contribution in [2.75, 3.05) is 0 Å². The molecule has 2 rings (SSSR count). The number of rotatable bonds is 2. The van der Waals surface area contributed by atoms with Gasteiger partial charge in [-0.05, 0) is 40.5 Å². The Kier molecular flexibility index (Phi) is 4.30. The lowest BCUT2D eigenvalue weighted by Gasteiger charge is -2.46. The molecule has 1 saturated heterocycles. The summed E-state index contributed by atoms with van der Waals surface area (Å²) < 4.78 is 0. The molecule has 8 nitrogen and oxygen atoms in total. The summed E-state index contributed by atoms with van der Waals surface area (Å²) in [5.74, 6) is -3.26. The highest BCUT2D eigenvalue weighted by molar-refractivity contribution is 6.35. The highest BCUT2D eigenvalue weighted by atomic mass is 16.2. The second-order valence-electron chi connectivity index (χ2n) is 7.26. The third-order valence-corrected chi connectivity index (χ3v) is 3.75. The standard InChI is InChI=1S/C15H22N4O4/c1-14(2)7-9(8-15(3,4)18-14)16-12(22)13(23)17-19-10(20)5-6-11(19)21/h5-6,9,18H,7-8H2,1-4H3,(H,16,22)(H,17,23). The number of piperidine rings is 1. The second kappa shape index (κ2) is 5.77. The highest BCUT2D eigenvalue weighted by Gasteiger charge is 2.39. The van der Waals surface area contributed by atoms with E-state index in [1.54, 1.807) is 0 Å². The minimum Gasteiger partial charge on any atom is -0.345 e. The molecule has 2 aliphatic heterocycles. The molecule has 23 heavy (non-hydrogen) atoms. The molecule has 126 valence electrons. The zero-order chi connectivity index (χ0) is 17.4. The molecule has 0 atom stereocenters. The third-order valence-electron chi connectivity index (χ3n) is 3.75. The fraction of sp³-hybridized carbons (Fsp3) is 0.600. The van der Waals surface area contributed by atoms with Crippen LogP contribution in [0.15, 0.2) is 12.2 Å². The Morgan fingerprint density at radius 2 is 1.52 bits per heavy atom. The number of imide groups is 1. The van der Waals surface area contributed by atoms with Crippen LogP contribution in [-0.2, 0) is 19.2 Å². The lowest BCUT2D eigenvalue weighted by atomic mass is 9.79. The molecule has 0 spiro atoms. The zero-order valence-corrected chi connectivity index (χ0v) is 13.7. The molecular formula is C15H22N4O4. The average Bonchev–Trinajstić information content (AvgIpc) is 2.66. The largest absolute Gasteiger partial charge is 0.345 e. The van der Waals surface area contributed by atoms with Crippen LogP contribution in [0.25, 0.3) is 0 Å². The maximum absolute atomic E-state index is 12.0. The van der Waals surface area contributed by atoms with Crippen molar-refractivity contribution in [2.24, 2.45) is 0 Å². The van der Waals surface area contributed by atoms with Crippen molar-refractivity contribution in [3.05, 3.63) is 12.2 Å². The Hall–Kier alpha value is -2.22. The molecule has 0 bridgehead atoms. The molecule has 0 saturated carbocycles. The summed E-state index contributed by atoms with van der Waals surface area (Å²) in [6.45, 7) is 8.11. The SMILES string of the molecule is CC1(C)CC(NC(=O)C(=O)NN2C(=O)C=CC2=O)CC(C)(C)N1. The van der Waals surface area contributed by atoms with Crippen LogP contribution < -0.4 is 16.1 Å². The minimum atomic E-state index is -1.04. The average molecular weight is 322 g/mol. The maximum Gasteiger partial charge on any atom is 0.328 e.